The molecule has 1 aromatic rings. The minimum atomic E-state index is -2.12. The van der Waals surface area contributed by atoms with Crippen LogP contribution in [0.2, 0.25) is 0 Å². The number of carboxylic acid groups (broad SMARTS) is 2. The van der Waals surface area contributed by atoms with Crippen molar-refractivity contribution in [3.8, 4) is 11.5 Å². The number of hydrogen-bond acceptors (Lipinski definition) is 13. The number of benzene rings is 1. The Morgan fingerprint density at radius 1 is 0.637 bits per heavy atom. The third-order valence-electron chi connectivity index (χ3n) is 9.16. The largest absolute Gasteiger partial charge is 0.550 e. The lowest BCUT2D eigenvalue weighted by molar-refractivity contribution is -0.305. The smallest absolute Gasteiger partial charge is 0.339 e. The molecule has 4 atom stereocenters. The summed E-state index contributed by atoms with van der Waals surface area (Å²) >= 11 is 0. The molecule has 3 heterocycles. The van der Waals surface area contributed by atoms with Gasteiger partial charge in [-0.3, -0.25) is 14.5 Å². The molecule has 1 fully saturated rings. The van der Waals surface area contributed by atoms with E-state index < -0.39 is 59.6 Å². The second-order valence-corrected chi connectivity index (χ2v) is 13.0. The van der Waals surface area contributed by atoms with Crippen LogP contribution >= 0.6 is 0 Å². The van der Waals surface area contributed by atoms with Crippen LogP contribution in [0.4, 0.5) is 0 Å². The molecular formula is C66H176NO13-. The summed E-state index contributed by atoms with van der Waals surface area (Å²) in [6.45, 7) is 5.21. The molecule has 0 unspecified atom stereocenters. The van der Waals surface area contributed by atoms with Gasteiger partial charge in [-0.2, -0.15) is 0 Å². The predicted molar refractivity (Wildman–Crippen MR) is 383 cm³/mol. The highest BCUT2D eigenvalue weighted by Crippen LogP contribution is 2.55. The molecule has 3 N–H and O–H groups in total. The van der Waals surface area contributed by atoms with E-state index in [0.717, 1.165) is 43.5 Å². The number of carbonyl (C=O) groups excluding carboxylic acids is 3. The Morgan fingerprint density at radius 2 is 1.05 bits per heavy atom. The van der Waals surface area contributed by atoms with Crippen molar-refractivity contribution in [3.63, 3.8) is 0 Å². The number of methoxy groups -OCH3 is 2. The van der Waals surface area contributed by atoms with Crippen molar-refractivity contribution in [2.24, 2.45) is 0 Å². The van der Waals surface area contributed by atoms with Gasteiger partial charge in [-0.15, -0.1) is 0 Å². The van der Waals surface area contributed by atoms with E-state index in [1.165, 1.54) is 7.11 Å². The second-order valence-electron chi connectivity index (χ2n) is 13.0. The van der Waals surface area contributed by atoms with Crippen LogP contribution < -0.4 is 14.6 Å². The number of rotatable bonds is 12. The fraction of sp³-hybridized carbons (Fsp3) is 0.818. The fourth-order valence-corrected chi connectivity index (χ4v) is 6.92. The third-order valence-corrected chi connectivity index (χ3v) is 9.16. The summed E-state index contributed by atoms with van der Waals surface area (Å²) in [5.74, 6) is -2.51. The van der Waals surface area contributed by atoms with Crippen LogP contribution in [0.15, 0.2) is 24.0 Å². The number of carboxylic acids is 2. The summed E-state index contributed by atoms with van der Waals surface area (Å²) in [7, 11) is 2.76. The zero-order chi connectivity index (χ0) is 34.6. The molecule has 0 aromatic heterocycles. The lowest BCUT2D eigenvalue weighted by Gasteiger charge is -2.39. The van der Waals surface area contributed by atoms with E-state index in [0.29, 0.717) is 30.1 Å². The van der Waals surface area contributed by atoms with Gasteiger partial charge in [-0.05, 0) is 94.7 Å². The van der Waals surface area contributed by atoms with E-state index in [1.54, 1.807) is 21.0 Å². The first-order chi connectivity index (χ1) is 22.1. The highest BCUT2D eigenvalue weighted by Gasteiger charge is 2.59. The molecular weight excluding hydrogens is 1010 g/mol. The first-order valence-corrected chi connectivity index (χ1v) is 15.7. The predicted octanol–water partition coefficient (Wildman–Crippen LogP) is 22.2. The maximum atomic E-state index is 13.8. The molecule has 0 radical (unpaired) electrons. The molecule has 14 heteroatoms. The van der Waals surface area contributed by atoms with Crippen LogP contribution in [0.5, 0.6) is 11.5 Å². The van der Waals surface area contributed by atoms with Crippen LogP contribution in [-0.2, 0) is 39.8 Å². The summed E-state index contributed by atoms with van der Waals surface area (Å²) in [6, 6.07) is 4.00. The Morgan fingerprint density at radius 3 is 1.40 bits per heavy atom. The molecule has 80 heavy (non-hydrogen) atoms. The van der Waals surface area contributed by atoms with Gasteiger partial charge in [0.15, 0.2) is 23.2 Å². The number of nitrogens with zero attached hydrogens (tertiary/aromatic N) is 1. The standard InChI is InChI=1S/C29H39NO9.C4H6O4.33CH4/c1-27(2,33)8-5-10-29(34,16-23(31)36-4)26(32)39-25-22(35-3)15-28-9-6-11-30(28)12-7-18-13-20-21(38-17-37-20)14-19(18)24(25)28;5-3(6)1-2-4(7)8;;;;;;;;;;;;;;;;;;;;;;;;;;;;;;;;;/h13-15,24-25,33-34H,5-12,16-17H2,1-4H3;1-2H2,(H,5,6)(H,7,8);33*1H4/p-1/t24-,25-,28+,29+;;;;;;;;;;;;;;;;;;;;;;;;;;;;;;;;;;/m1................................../s1. The van der Waals surface area contributed by atoms with E-state index >= 15 is 0 Å². The van der Waals surface area contributed by atoms with Crippen molar-refractivity contribution in [2.45, 2.75) is 345 Å². The van der Waals surface area contributed by atoms with Crippen LogP contribution in [0.3, 0.4) is 0 Å². The number of hydrogen-bond donors (Lipinski definition) is 3. The Kier molecular flexibility index (Phi) is 212. The van der Waals surface area contributed by atoms with E-state index in [-0.39, 0.29) is 271 Å². The zero-order valence-electron chi connectivity index (χ0n) is 27.2. The van der Waals surface area contributed by atoms with Gasteiger partial charge in [0.2, 0.25) is 6.79 Å². The molecule has 0 saturated carbocycles. The number of aliphatic hydroxyl groups is 2. The zero-order valence-corrected chi connectivity index (χ0v) is 27.2. The maximum Gasteiger partial charge on any atom is 0.339 e. The molecule has 0 amide bonds. The van der Waals surface area contributed by atoms with Crippen molar-refractivity contribution >= 4 is 23.9 Å². The molecule has 14 nitrogen and oxygen atoms in total. The number of esters is 2. The Bertz CT molecular complexity index is 1380. The van der Waals surface area contributed by atoms with Gasteiger partial charge in [0.25, 0.3) is 0 Å². The first-order valence-electron chi connectivity index (χ1n) is 15.7. The van der Waals surface area contributed by atoms with E-state index in [2.05, 4.69) is 11.0 Å². The highest BCUT2D eigenvalue weighted by molar-refractivity contribution is 5.86. The first kappa shape index (κ1) is 202. The van der Waals surface area contributed by atoms with Crippen LogP contribution in [0.25, 0.3) is 0 Å². The minimum Gasteiger partial charge on any atom is -0.550 e. The van der Waals surface area contributed by atoms with Crippen molar-refractivity contribution in [2.75, 3.05) is 34.1 Å². The van der Waals surface area contributed by atoms with Crippen molar-refractivity contribution in [3.05, 3.63) is 35.1 Å². The monoisotopic (exact) mass is 1190 g/mol. The van der Waals surface area contributed by atoms with Crippen molar-refractivity contribution in [1.29, 1.82) is 0 Å². The van der Waals surface area contributed by atoms with Gasteiger partial charge < -0.3 is 48.9 Å². The van der Waals surface area contributed by atoms with Crippen molar-refractivity contribution < 1.29 is 63.3 Å². The molecule has 0 bridgehead atoms. The normalized spacial score (nSPS) is 14.0. The van der Waals surface area contributed by atoms with E-state index in [4.69, 9.17) is 28.8 Å². The van der Waals surface area contributed by atoms with Gasteiger partial charge in [-0.1, -0.05) is 245 Å². The minimum absolute atomic E-state index is 0. The molecule has 1 saturated heterocycles. The lowest BCUT2D eigenvalue weighted by atomic mass is 9.77. The molecule has 5 rings (SSSR count). The van der Waals surface area contributed by atoms with Gasteiger partial charge >= 0.3 is 17.9 Å². The SMILES string of the molecule is C.C.C.C.C.C.C.C.C.C.C.C.C.C.C.C.C.C.C.C.C.C.C.C.C.C.C.C.C.C.C.C.C.COC(=O)C[C@@](O)(CCCC(C)(C)O)C(=O)O[C@@H]1C(OC)=C[C@]23CCCN2CCc2cc4c(cc2[C@H]13)OCO4.O=C([O-])CCC(=O)O. The van der Waals surface area contributed by atoms with Crippen LogP contribution in [0, 0.1) is 0 Å². The van der Waals surface area contributed by atoms with Crippen LogP contribution in [0.1, 0.15) is 327 Å². The number of fused-ring (bicyclic) bond motifs is 3. The van der Waals surface area contributed by atoms with Gasteiger partial charge in [0.05, 0.1) is 44.1 Å². The topological polar surface area (TPSA) is 201 Å². The van der Waals surface area contributed by atoms with Gasteiger partial charge in [0.1, 0.15) is 5.76 Å². The average molecular weight is 1190 g/mol. The average Bonchev–Trinajstić information content (AvgIpc) is 3.69. The number of ether oxygens (including phenoxy) is 5. The summed E-state index contributed by atoms with van der Waals surface area (Å²) < 4.78 is 28.1. The quantitative estimate of drug-likeness (QED) is 0.167. The van der Waals surface area contributed by atoms with Gasteiger partial charge in [0, 0.05) is 12.5 Å². The van der Waals surface area contributed by atoms with E-state index in [1.807, 2.05) is 12.1 Å². The molecule has 3 aliphatic heterocycles. The Balaban J connectivity index is -0.0000000205. The summed E-state index contributed by atoms with van der Waals surface area (Å²) in [4.78, 5) is 47.6. The Labute approximate surface area is 516 Å². The van der Waals surface area contributed by atoms with E-state index in [9.17, 15) is 34.5 Å². The summed E-state index contributed by atoms with van der Waals surface area (Å²) in [5.41, 5.74) is -1.42. The summed E-state index contributed by atoms with van der Waals surface area (Å²) in [6.07, 6.45) is 3.18. The second kappa shape index (κ2) is 83.9. The highest BCUT2D eigenvalue weighted by atomic mass is 16.7. The summed E-state index contributed by atoms with van der Waals surface area (Å²) in [5, 5.41) is 39.0. The Hall–Kier alpha value is -3.88. The fourth-order valence-electron chi connectivity index (χ4n) is 6.92. The van der Waals surface area contributed by atoms with Gasteiger partial charge in [-0.25, -0.2) is 4.79 Å². The van der Waals surface area contributed by atoms with Crippen molar-refractivity contribution in [1.82, 2.24) is 4.90 Å². The van der Waals surface area contributed by atoms with Crippen LogP contribution in [-0.4, -0.2) is 101 Å². The lowest BCUT2D eigenvalue weighted by Crippen LogP contribution is -2.49. The molecule has 1 aliphatic carbocycles. The third kappa shape index (κ3) is 47.7. The number of carbonyl (C=O) groups is 4. The molecule has 1 aromatic carbocycles. The molecule has 4 aliphatic rings. The molecule has 524 valence electrons. The number of aliphatic carboxylic acids is 2. The molecule has 1 spiro atoms. The maximum absolute atomic E-state index is 13.8.